The van der Waals surface area contributed by atoms with Crippen LogP contribution in [0.3, 0.4) is 0 Å². The van der Waals surface area contributed by atoms with Gasteiger partial charge in [0.25, 0.3) is 5.91 Å². The minimum absolute atomic E-state index is 0.315. The number of benzene rings is 4. The van der Waals surface area contributed by atoms with Gasteiger partial charge in [-0.2, -0.15) is 0 Å². The van der Waals surface area contributed by atoms with E-state index in [1.165, 1.54) is 0 Å². The monoisotopic (exact) mass is 475 g/mol. The summed E-state index contributed by atoms with van der Waals surface area (Å²) in [5, 5.41) is 2.90. The second kappa shape index (κ2) is 9.88. The third-order valence-electron chi connectivity index (χ3n) is 6.36. The highest BCUT2D eigenvalue weighted by Crippen LogP contribution is 2.36. The number of para-hydroxylation sites is 1. The molecular formula is C30H25N3O3. The van der Waals surface area contributed by atoms with Crippen LogP contribution in [0.15, 0.2) is 121 Å². The summed E-state index contributed by atoms with van der Waals surface area (Å²) >= 11 is 0. The van der Waals surface area contributed by atoms with Crippen molar-refractivity contribution in [2.45, 2.75) is 12.1 Å². The number of rotatable bonds is 7. The molecule has 1 N–H and O–H groups in total. The van der Waals surface area contributed by atoms with E-state index < -0.39 is 17.5 Å². The van der Waals surface area contributed by atoms with Crippen molar-refractivity contribution in [1.29, 1.82) is 0 Å². The Morgan fingerprint density at radius 2 is 1.17 bits per heavy atom. The predicted octanol–water partition coefficient (Wildman–Crippen LogP) is 4.72. The Morgan fingerprint density at radius 3 is 1.69 bits per heavy atom. The number of hydrogen-bond acceptors (Lipinski definition) is 3. The van der Waals surface area contributed by atoms with E-state index in [1.54, 1.807) is 4.90 Å². The number of hydrogen-bond donors (Lipinski definition) is 1. The van der Waals surface area contributed by atoms with E-state index in [9.17, 15) is 14.4 Å². The maximum atomic E-state index is 14.0. The summed E-state index contributed by atoms with van der Waals surface area (Å²) in [6.07, 6.45) is 0. The Hall–Kier alpha value is -4.71. The van der Waals surface area contributed by atoms with Gasteiger partial charge in [0.05, 0.1) is 6.54 Å². The van der Waals surface area contributed by atoms with E-state index in [1.807, 2.05) is 121 Å². The van der Waals surface area contributed by atoms with Gasteiger partial charge in [-0.1, -0.05) is 109 Å². The molecule has 0 unspecified atom stereocenters. The third-order valence-corrected chi connectivity index (χ3v) is 6.36. The lowest BCUT2D eigenvalue weighted by Crippen LogP contribution is -2.46. The topological polar surface area (TPSA) is 69.7 Å². The number of amides is 4. The Balaban J connectivity index is 1.48. The lowest BCUT2D eigenvalue weighted by Gasteiger charge is -2.28. The van der Waals surface area contributed by atoms with Gasteiger partial charge >= 0.3 is 6.03 Å². The summed E-state index contributed by atoms with van der Waals surface area (Å²) in [4.78, 5) is 43.4. The average Bonchev–Trinajstić information content (AvgIpc) is 3.19. The molecule has 36 heavy (non-hydrogen) atoms. The van der Waals surface area contributed by atoms with Crippen LogP contribution >= 0.6 is 0 Å². The summed E-state index contributed by atoms with van der Waals surface area (Å²) in [6.45, 7) is -0.0658. The number of carbonyl (C=O) groups is 3. The van der Waals surface area contributed by atoms with Crippen LogP contribution in [0.25, 0.3) is 0 Å². The van der Waals surface area contributed by atoms with Crippen LogP contribution < -0.4 is 10.2 Å². The third kappa shape index (κ3) is 4.25. The molecule has 178 valence electrons. The van der Waals surface area contributed by atoms with Crippen molar-refractivity contribution in [3.63, 3.8) is 0 Å². The van der Waals surface area contributed by atoms with Crippen LogP contribution in [0.4, 0.5) is 10.5 Å². The van der Waals surface area contributed by atoms with Crippen LogP contribution in [-0.4, -0.2) is 29.3 Å². The molecule has 4 aromatic rings. The van der Waals surface area contributed by atoms with Gasteiger partial charge in [0, 0.05) is 5.69 Å². The molecule has 5 rings (SSSR count). The smallest absolute Gasteiger partial charge is 0.315 e. The quantitative estimate of drug-likeness (QED) is 0.394. The minimum atomic E-state index is -1.41. The predicted molar refractivity (Wildman–Crippen MR) is 138 cm³/mol. The molecule has 0 aromatic heterocycles. The van der Waals surface area contributed by atoms with Gasteiger partial charge in [0.2, 0.25) is 5.91 Å². The number of imide groups is 1. The molecule has 4 aromatic carbocycles. The van der Waals surface area contributed by atoms with E-state index in [-0.39, 0.29) is 12.5 Å². The first kappa shape index (κ1) is 23.1. The van der Waals surface area contributed by atoms with Crippen LogP contribution in [0.2, 0.25) is 0 Å². The van der Waals surface area contributed by atoms with Crippen molar-refractivity contribution in [3.05, 3.63) is 138 Å². The Labute approximate surface area is 209 Å². The van der Waals surface area contributed by atoms with Crippen LogP contribution in [0, 0.1) is 0 Å². The summed E-state index contributed by atoms with van der Waals surface area (Å²) in [6, 6.07) is 36.5. The Bertz CT molecular complexity index is 1320. The zero-order valence-electron chi connectivity index (χ0n) is 19.6. The molecule has 6 heteroatoms. The molecular weight excluding hydrogens is 450 g/mol. The van der Waals surface area contributed by atoms with E-state index in [4.69, 9.17) is 0 Å². The molecule has 6 nitrogen and oxygen atoms in total. The molecule has 1 fully saturated rings. The normalized spacial score (nSPS) is 14.4. The van der Waals surface area contributed by atoms with Crippen LogP contribution in [0.5, 0.6) is 0 Å². The number of anilines is 1. The zero-order chi connectivity index (χ0) is 25.0. The molecule has 1 heterocycles. The second-order valence-electron chi connectivity index (χ2n) is 8.60. The first-order valence-corrected chi connectivity index (χ1v) is 11.7. The molecule has 0 spiro atoms. The largest absolute Gasteiger partial charge is 0.326 e. The average molecular weight is 476 g/mol. The van der Waals surface area contributed by atoms with Crippen molar-refractivity contribution in [3.8, 4) is 0 Å². The van der Waals surface area contributed by atoms with Crippen LogP contribution in [0.1, 0.15) is 16.7 Å². The first-order valence-electron chi connectivity index (χ1n) is 11.7. The van der Waals surface area contributed by atoms with Gasteiger partial charge < -0.3 is 10.2 Å². The van der Waals surface area contributed by atoms with Gasteiger partial charge in [-0.05, 0) is 28.8 Å². The summed E-state index contributed by atoms with van der Waals surface area (Å²) < 4.78 is 0. The maximum Gasteiger partial charge on any atom is 0.326 e. The molecule has 0 radical (unpaired) electrons. The fourth-order valence-electron chi connectivity index (χ4n) is 4.57. The van der Waals surface area contributed by atoms with Gasteiger partial charge in [-0.3, -0.25) is 14.5 Å². The van der Waals surface area contributed by atoms with Gasteiger partial charge in [0.15, 0.2) is 5.54 Å². The fourth-order valence-corrected chi connectivity index (χ4v) is 4.57. The van der Waals surface area contributed by atoms with E-state index in [0.717, 1.165) is 10.5 Å². The number of carbonyl (C=O) groups excluding carboxylic acids is 3. The molecule has 0 aliphatic carbocycles. The lowest BCUT2D eigenvalue weighted by atomic mass is 9.82. The molecule has 0 saturated carbocycles. The highest BCUT2D eigenvalue weighted by molar-refractivity contribution is 6.12. The van der Waals surface area contributed by atoms with E-state index in [0.29, 0.717) is 23.4 Å². The van der Waals surface area contributed by atoms with Gasteiger partial charge in [0.1, 0.15) is 6.54 Å². The molecule has 1 aliphatic heterocycles. The maximum absolute atomic E-state index is 14.0. The van der Waals surface area contributed by atoms with Crippen molar-refractivity contribution >= 4 is 23.5 Å². The highest BCUT2D eigenvalue weighted by Gasteiger charge is 2.54. The van der Waals surface area contributed by atoms with E-state index >= 15 is 0 Å². The van der Waals surface area contributed by atoms with Crippen molar-refractivity contribution in [2.24, 2.45) is 0 Å². The summed E-state index contributed by atoms with van der Waals surface area (Å²) in [7, 11) is 0. The van der Waals surface area contributed by atoms with Crippen molar-refractivity contribution in [1.82, 2.24) is 10.2 Å². The standard InChI is InChI=1S/C30H25N3O3/c34-27(32(26-19-11-4-12-20-26)21-23-13-5-1-6-14-23)22-33-28(35)30(31-29(33)36,24-15-7-2-8-16-24)25-17-9-3-10-18-25/h1-20H,21-22H2,(H,31,36). The molecule has 1 aliphatic rings. The van der Waals surface area contributed by atoms with Gasteiger partial charge in [-0.15, -0.1) is 0 Å². The highest BCUT2D eigenvalue weighted by atomic mass is 16.2. The number of nitrogens with one attached hydrogen (secondary N) is 1. The molecule has 4 amide bonds. The van der Waals surface area contributed by atoms with Crippen molar-refractivity contribution in [2.75, 3.05) is 11.4 Å². The minimum Gasteiger partial charge on any atom is -0.315 e. The number of urea groups is 1. The zero-order valence-corrected chi connectivity index (χ0v) is 19.6. The second-order valence-corrected chi connectivity index (χ2v) is 8.60. The molecule has 0 atom stereocenters. The summed E-state index contributed by atoms with van der Waals surface area (Å²) in [5.74, 6) is -0.837. The van der Waals surface area contributed by atoms with Crippen molar-refractivity contribution < 1.29 is 14.4 Å². The first-order chi connectivity index (χ1) is 17.6. The van der Waals surface area contributed by atoms with E-state index in [2.05, 4.69) is 5.32 Å². The van der Waals surface area contributed by atoms with Crippen LogP contribution in [-0.2, 0) is 21.7 Å². The molecule has 0 bridgehead atoms. The SMILES string of the molecule is O=C1NC(c2ccccc2)(c2ccccc2)C(=O)N1CC(=O)N(Cc1ccccc1)c1ccccc1. The Kier molecular flexibility index (Phi) is 6.33. The Morgan fingerprint density at radius 1 is 0.694 bits per heavy atom. The molecule has 1 saturated heterocycles. The number of nitrogens with zero attached hydrogens (tertiary/aromatic N) is 2. The summed E-state index contributed by atoms with van der Waals surface area (Å²) in [5.41, 5.74) is 1.49. The lowest BCUT2D eigenvalue weighted by molar-refractivity contribution is -0.133. The fraction of sp³-hybridized carbons (Fsp3) is 0.100. The van der Waals surface area contributed by atoms with Gasteiger partial charge in [-0.25, -0.2) is 4.79 Å².